The molecule has 0 heterocycles. The minimum atomic E-state index is -0.483. The summed E-state index contributed by atoms with van der Waals surface area (Å²) in [5.74, 6) is 0. The van der Waals surface area contributed by atoms with Crippen LogP contribution in [0.4, 0.5) is 0 Å². The quantitative estimate of drug-likeness (QED) is 0.878. The number of rotatable bonds is 3. The third-order valence-corrected chi connectivity index (χ3v) is 3.75. The van der Waals surface area contributed by atoms with Crippen molar-refractivity contribution in [3.63, 3.8) is 0 Å². The molecule has 1 aromatic rings. The highest BCUT2D eigenvalue weighted by molar-refractivity contribution is 5.85. The van der Waals surface area contributed by atoms with Gasteiger partial charge in [0.2, 0.25) is 0 Å². The normalized spacial score (nSPS) is 15.4. The number of nitrogens with two attached hydrogens (primary N) is 1. The maximum atomic E-state index is 10.3. The Morgan fingerprint density at radius 2 is 1.45 bits per heavy atom. The molecule has 3 heteroatoms. The summed E-state index contributed by atoms with van der Waals surface area (Å²) >= 11 is 0. The van der Waals surface area contributed by atoms with Crippen molar-refractivity contribution in [3.8, 4) is 0 Å². The first-order valence-corrected chi connectivity index (χ1v) is 7.06. The fourth-order valence-corrected chi connectivity index (χ4v) is 1.94. The summed E-state index contributed by atoms with van der Waals surface area (Å²) in [4.78, 5) is 0. The van der Waals surface area contributed by atoms with Gasteiger partial charge in [-0.15, -0.1) is 12.4 Å². The van der Waals surface area contributed by atoms with Crippen LogP contribution in [0.15, 0.2) is 24.3 Å². The largest absolute Gasteiger partial charge is 0.388 e. The molecule has 0 aliphatic rings. The Labute approximate surface area is 130 Å². The second kappa shape index (κ2) is 6.93. The van der Waals surface area contributed by atoms with Gasteiger partial charge in [-0.3, -0.25) is 0 Å². The zero-order valence-corrected chi connectivity index (χ0v) is 14.4. The average molecular weight is 300 g/mol. The summed E-state index contributed by atoms with van der Waals surface area (Å²) in [7, 11) is 0. The van der Waals surface area contributed by atoms with E-state index in [2.05, 4.69) is 53.7 Å². The van der Waals surface area contributed by atoms with Gasteiger partial charge in [0.25, 0.3) is 0 Å². The Bertz CT molecular complexity index is 400. The van der Waals surface area contributed by atoms with Crippen LogP contribution in [0.2, 0.25) is 0 Å². The zero-order chi connectivity index (χ0) is 14.8. The topological polar surface area (TPSA) is 46.2 Å². The third-order valence-electron chi connectivity index (χ3n) is 3.75. The van der Waals surface area contributed by atoms with Gasteiger partial charge in [0.1, 0.15) is 0 Å². The van der Waals surface area contributed by atoms with Crippen molar-refractivity contribution < 1.29 is 5.11 Å². The Morgan fingerprint density at radius 1 is 1.00 bits per heavy atom. The Morgan fingerprint density at radius 3 is 1.80 bits per heavy atom. The molecule has 0 saturated heterocycles. The molecule has 1 aromatic carbocycles. The zero-order valence-electron chi connectivity index (χ0n) is 13.6. The Kier molecular flexibility index (Phi) is 6.73. The first kappa shape index (κ1) is 19.4. The second-order valence-corrected chi connectivity index (χ2v) is 7.60. The predicted molar refractivity (Wildman–Crippen MR) is 89.4 cm³/mol. The number of aliphatic hydroxyl groups excluding tert-OH is 1. The van der Waals surface area contributed by atoms with Gasteiger partial charge in [0, 0.05) is 6.04 Å². The van der Waals surface area contributed by atoms with Gasteiger partial charge in [-0.25, -0.2) is 0 Å². The average Bonchev–Trinajstić information content (AvgIpc) is 2.26. The number of aliphatic hydroxyl groups is 1. The Hall–Kier alpha value is -0.570. The fourth-order valence-electron chi connectivity index (χ4n) is 1.94. The lowest BCUT2D eigenvalue weighted by Gasteiger charge is -2.29. The molecule has 2 atom stereocenters. The maximum Gasteiger partial charge on any atom is 0.0805 e. The van der Waals surface area contributed by atoms with Crippen molar-refractivity contribution in [2.45, 2.75) is 65.5 Å². The van der Waals surface area contributed by atoms with E-state index in [0.717, 1.165) is 5.56 Å². The van der Waals surface area contributed by atoms with Crippen molar-refractivity contribution in [2.75, 3.05) is 0 Å². The third kappa shape index (κ3) is 5.43. The van der Waals surface area contributed by atoms with Crippen LogP contribution in [-0.2, 0) is 5.41 Å². The van der Waals surface area contributed by atoms with Crippen molar-refractivity contribution in [1.29, 1.82) is 0 Å². The maximum absolute atomic E-state index is 10.3. The first-order valence-electron chi connectivity index (χ1n) is 7.06. The lowest BCUT2D eigenvalue weighted by atomic mass is 9.82. The van der Waals surface area contributed by atoms with E-state index >= 15 is 0 Å². The molecule has 3 N–H and O–H groups in total. The van der Waals surface area contributed by atoms with Gasteiger partial charge in [-0.2, -0.15) is 0 Å². The molecule has 0 aromatic heterocycles. The molecule has 0 aliphatic heterocycles. The summed E-state index contributed by atoms with van der Waals surface area (Å²) in [5, 5.41) is 10.3. The van der Waals surface area contributed by atoms with Gasteiger partial charge < -0.3 is 10.8 Å². The smallest absolute Gasteiger partial charge is 0.0805 e. The molecule has 0 amide bonds. The highest BCUT2D eigenvalue weighted by atomic mass is 35.5. The van der Waals surface area contributed by atoms with Crippen LogP contribution in [0.1, 0.15) is 65.2 Å². The number of benzene rings is 1. The minimum Gasteiger partial charge on any atom is -0.388 e. The molecule has 0 fully saturated rings. The molecule has 0 saturated carbocycles. The standard InChI is InChI=1S/C17H29NO.ClH/c1-16(2,3)13-9-7-12(8-10-13)14(19)11-15(18)17(4,5)6;/h7-10,14-15,19H,11,18H2,1-6H3;1H/t14-,15+;/m1./s1. The molecule has 2 nitrogen and oxygen atoms in total. The van der Waals surface area contributed by atoms with E-state index in [0.29, 0.717) is 6.42 Å². The van der Waals surface area contributed by atoms with Crippen LogP contribution in [0.5, 0.6) is 0 Å². The van der Waals surface area contributed by atoms with Gasteiger partial charge in [-0.1, -0.05) is 65.8 Å². The van der Waals surface area contributed by atoms with E-state index in [-0.39, 0.29) is 29.3 Å². The predicted octanol–water partition coefficient (Wildman–Crippen LogP) is 4.20. The summed E-state index contributed by atoms with van der Waals surface area (Å²) in [5.41, 5.74) is 8.53. The second-order valence-electron chi connectivity index (χ2n) is 7.60. The molecule has 0 aliphatic carbocycles. The lowest BCUT2D eigenvalue weighted by Crippen LogP contribution is -2.36. The van der Waals surface area contributed by atoms with Crippen molar-refractivity contribution in [1.82, 2.24) is 0 Å². The van der Waals surface area contributed by atoms with Crippen molar-refractivity contribution in [2.24, 2.45) is 11.1 Å². The highest BCUT2D eigenvalue weighted by Gasteiger charge is 2.24. The van der Waals surface area contributed by atoms with E-state index in [1.54, 1.807) is 0 Å². The summed E-state index contributed by atoms with van der Waals surface area (Å²) in [6, 6.07) is 8.22. The van der Waals surface area contributed by atoms with Gasteiger partial charge in [0.05, 0.1) is 6.10 Å². The minimum absolute atomic E-state index is 0. The van der Waals surface area contributed by atoms with E-state index < -0.39 is 6.10 Å². The van der Waals surface area contributed by atoms with Gasteiger partial charge in [-0.05, 0) is 28.4 Å². The van der Waals surface area contributed by atoms with Crippen molar-refractivity contribution >= 4 is 12.4 Å². The monoisotopic (exact) mass is 299 g/mol. The van der Waals surface area contributed by atoms with E-state index in [1.165, 1.54) is 5.56 Å². The van der Waals surface area contributed by atoms with Crippen LogP contribution < -0.4 is 5.73 Å². The van der Waals surface area contributed by atoms with Crippen LogP contribution in [0.25, 0.3) is 0 Å². The van der Waals surface area contributed by atoms with E-state index in [4.69, 9.17) is 5.73 Å². The molecular formula is C17H30ClNO. The molecule has 20 heavy (non-hydrogen) atoms. The van der Waals surface area contributed by atoms with E-state index in [9.17, 15) is 5.11 Å². The van der Waals surface area contributed by atoms with Crippen LogP contribution in [-0.4, -0.2) is 11.1 Å². The molecule has 1 rings (SSSR count). The molecule has 0 radical (unpaired) electrons. The number of hydrogen-bond acceptors (Lipinski definition) is 2. The van der Waals surface area contributed by atoms with Gasteiger partial charge >= 0.3 is 0 Å². The van der Waals surface area contributed by atoms with E-state index in [1.807, 2.05) is 12.1 Å². The molecular weight excluding hydrogens is 270 g/mol. The molecule has 0 spiro atoms. The molecule has 0 bridgehead atoms. The van der Waals surface area contributed by atoms with Crippen LogP contribution >= 0.6 is 12.4 Å². The summed E-state index contributed by atoms with van der Waals surface area (Å²) < 4.78 is 0. The first-order chi connectivity index (χ1) is 8.51. The Balaban J connectivity index is 0.00000361. The fraction of sp³-hybridized carbons (Fsp3) is 0.647. The lowest BCUT2D eigenvalue weighted by molar-refractivity contribution is 0.133. The summed E-state index contributed by atoms with van der Waals surface area (Å²) in [6.45, 7) is 12.9. The van der Waals surface area contributed by atoms with Crippen LogP contribution in [0, 0.1) is 5.41 Å². The molecule has 116 valence electrons. The molecule has 0 unspecified atom stereocenters. The summed E-state index contributed by atoms with van der Waals surface area (Å²) in [6.07, 6.45) is 0.112. The van der Waals surface area contributed by atoms with Gasteiger partial charge in [0.15, 0.2) is 0 Å². The SMILES string of the molecule is CC(C)(C)c1ccc([C@H](O)C[C@H](N)C(C)(C)C)cc1.Cl. The number of hydrogen-bond donors (Lipinski definition) is 2. The highest BCUT2D eigenvalue weighted by Crippen LogP contribution is 2.28. The van der Waals surface area contributed by atoms with Crippen LogP contribution in [0.3, 0.4) is 0 Å². The number of halogens is 1. The van der Waals surface area contributed by atoms with Crippen molar-refractivity contribution in [3.05, 3.63) is 35.4 Å².